The Morgan fingerprint density at radius 1 is 1.33 bits per heavy atom. The molecular weight excluding hydrogens is 226 g/mol. The summed E-state index contributed by atoms with van der Waals surface area (Å²) in [5.74, 6) is 0. The van der Waals surface area contributed by atoms with Gasteiger partial charge in [-0.1, -0.05) is 18.2 Å². The monoisotopic (exact) mass is 247 g/mol. The zero-order valence-electron chi connectivity index (χ0n) is 11.6. The number of amides is 1. The lowest BCUT2D eigenvalue weighted by Gasteiger charge is -2.42. The first-order valence-corrected chi connectivity index (χ1v) is 6.50. The molecule has 0 N–H and O–H groups in total. The Hall–Kier alpha value is -1.51. The molecule has 1 aliphatic rings. The molecule has 3 nitrogen and oxygen atoms in total. The minimum absolute atomic E-state index is 0.0950. The molecule has 0 aromatic heterocycles. The molecule has 0 saturated heterocycles. The van der Waals surface area contributed by atoms with Crippen molar-refractivity contribution in [2.75, 3.05) is 4.90 Å². The van der Waals surface area contributed by atoms with Crippen molar-refractivity contribution >= 4 is 11.8 Å². The van der Waals surface area contributed by atoms with Gasteiger partial charge in [-0.2, -0.15) is 0 Å². The number of hydrogen-bond donors (Lipinski definition) is 0. The van der Waals surface area contributed by atoms with Crippen LogP contribution in [0.5, 0.6) is 0 Å². The van der Waals surface area contributed by atoms with E-state index in [1.807, 2.05) is 32.0 Å². The van der Waals surface area contributed by atoms with Crippen molar-refractivity contribution in [3.05, 3.63) is 29.8 Å². The number of nitrogens with zero attached hydrogens (tertiary/aromatic N) is 1. The summed E-state index contributed by atoms with van der Waals surface area (Å²) in [5, 5.41) is 0. The van der Waals surface area contributed by atoms with Gasteiger partial charge in [-0.05, 0) is 52.2 Å². The zero-order chi connectivity index (χ0) is 13.3. The van der Waals surface area contributed by atoms with Gasteiger partial charge >= 0.3 is 6.09 Å². The van der Waals surface area contributed by atoms with E-state index in [-0.39, 0.29) is 17.7 Å². The van der Waals surface area contributed by atoms with Crippen LogP contribution in [0.4, 0.5) is 10.5 Å². The second kappa shape index (κ2) is 4.63. The minimum Gasteiger partial charge on any atom is -0.446 e. The van der Waals surface area contributed by atoms with Crippen LogP contribution in [0.25, 0.3) is 0 Å². The first-order chi connectivity index (χ1) is 8.42. The van der Waals surface area contributed by atoms with Crippen molar-refractivity contribution in [1.82, 2.24) is 0 Å². The van der Waals surface area contributed by atoms with E-state index in [2.05, 4.69) is 19.9 Å². The summed E-state index contributed by atoms with van der Waals surface area (Å²) in [6.07, 6.45) is 1.62. The van der Waals surface area contributed by atoms with Crippen molar-refractivity contribution in [2.24, 2.45) is 0 Å². The molecule has 3 heteroatoms. The summed E-state index contributed by atoms with van der Waals surface area (Å²) >= 11 is 0. The van der Waals surface area contributed by atoms with E-state index in [1.54, 1.807) is 4.90 Å². The molecule has 1 heterocycles. The molecule has 18 heavy (non-hydrogen) atoms. The van der Waals surface area contributed by atoms with Crippen LogP contribution in [0.1, 0.15) is 39.7 Å². The molecule has 1 amide bonds. The number of para-hydroxylation sites is 1. The molecule has 0 aliphatic carbocycles. The van der Waals surface area contributed by atoms with E-state index >= 15 is 0 Å². The van der Waals surface area contributed by atoms with Gasteiger partial charge < -0.3 is 4.74 Å². The molecule has 0 atom stereocenters. The van der Waals surface area contributed by atoms with Gasteiger partial charge in [0.05, 0.1) is 11.8 Å². The SMILES string of the molecule is CC(C)OC(=O)N1c2ccccc2CCC1(C)C. The van der Waals surface area contributed by atoms with Gasteiger partial charge in [0.25, 0.3) is 0 Å². The maximum Gasteiger partial charge on any atom is 0.415 e. The van der Waals surface area contributed by atoms with Gasteiger partial charge in [0.1, 0.15) is 0 Å². The van der Waals surface area contributed by atoms with Gasteiger partial charge in [0, 0.05) is 5.54 Å². The lowest BCUT2D eigenvalue weighted by atomic mass is 9.87. The van der Waals surface area contributed by atoms with Crippen LogP contribution in [0.15, 0.2) is 24.3 Å². The number of benzene rings is 1. The maximum atomic E-state index is 12.3. The normalized spacial score (nSPS) is 17.5. The smallest absolute Gasteiger partial charge is 0.415 e. The van der Waals surface area contributed by atoms with E-state index < -0.39 is 0 Å². The standard InChI is InChI=1S/C15H21NO2/c1-11(2)18-14(17)16-13-8-6-5-7-12(13)9-10-15(16,3)4/h5-8,11H,9-10H2,1-4H3. The lowest BCUT2D eigenvalue weighted by molar-refractivity contribution is 0.116. The fourth-order valence-electron chi connectivity index (χ4n) is 2.42. The molecule has 0 bridgehead atoms. The average Bonchev–Trinajstić information content (AvgIpc) is 2.26. The van der Waals surface area contributed by atoms with E-state index in [9.17, 15) is 4.79 Å². The van der Waals surface area contributed by atoms with Crippen molar-refractivity contribution in [3.63, 3.8) is 0 Å². The van der Waals surface area contributed by atoms with Crippen molar-refractivity contribution in [1.29, 1.82) is 0 Å². The first-order valence-electron chi connectivity index (χ1n) is 6.50. The number of carbonyl (C=O) groups is 1. The predicted octanol–water partition coefficient (Wildman–Crippen LogP) is 3.76. The van der Waals surface area contributed by atoms with Gasteiger partial charge in [0.15, 0.2) is 0 Å². The molecule has 0 unspecified atom stereocenters. The van der Waals surface area contributed by atoms with Crippen molar-refractivity contribution < 1.29 is 9.53 Å². The summed E-state index contributed by atoms with van der Waals surface area (Å²) in [6, 6.07) is 8.07. The molecule has 1 aliphatic heterocycles. The predicted molar refractivity (Wildman–Crippen MR) is 72.9 cm³/mol. The van der Waals surface area contributed by atoms with Gasteiger partial charge in [-0.25, -0.2) is 4.79 Å². The third kappa shape index (κ3) is 2.35. The Labute approximate surface area is 109 Å². The molecule has 1 aromatic carbocycles. The summed E-state index contributed by atoms with van der Waals surface area (Å²) in [6.45, 7) is 7.93. The number of fused-ring (bicyclic) bond motifs is 1. The Morgan fingerprint density at radius 3 is 2.67 bits per heavy atom. The maximum absolute atomic E-state index is 12.3. The average molecular weight is 247 g/mol. The highest BCUT2D eigenvalue weighted by Gasteiger charge is 2.38. The Bertz CT molecular complexity index is 452. The van der Waals surface area contributed by atoms with Crippen LogP contribution >= 0.6 is 0 Å². The summed E-state index contributed by atoms with van der Waals surface area (Å²) in [4.78, 5) is 14.1. The second-order valence-corrected chi connectivity index (χ2v) is 5.71. The highest BCUT2D eigenvalue weighted by atomic mass is 16.6. The Morgan fingerprint density at radius 2 is 2.00 bits per heavy atom. The first kappa shape index (κ1) is 12.9. The molecular formula is C15H21NO2. The number of ether oxygens (including phenoxy) is 1. The van der Waals surface area contributed by atoms with E-state index in [0.717, 1.165) is 18.5 Å². The van der Waals surface area contributed by atoms with Crippen LogP contribution in [-0.2, 0) is 11.2 Å². The zero-order valence-corrected chi connectivity index (χ0v) is 11.6. The molecule has 1 aromatic rings. The number of anilines is 1. The number of rotatable bonds is 1. The largest absolute Gasteiger partial charge is 0.446 e. The number of hydrogen-bond acceptors (Lipinski definition) is 2. The topological polar surface area (TPSA) is 29.5 Å². The van der Waals surface area contributed by atoms with Gasteiger partial charge in [-0.15, -0.1) is 0 Å². The van der Waals surface area contributed by atoms with Crippen molar-refractivity contribution in [3.8, 4) is 0 Å². The molecule has 0 saturated carbocycles. The third-order valence-corrected chi connectivity index (χ3v) is 3.36. The van der Waals surface area contributed by atoms with E-state index in [0.29, 0.717) is 0 Å². The Kier molecular flexibility index (Phi) is 3.33. The quantitative estimate of drug-likeness (QED) is 0.756. The minimum atomic E-state index is -0.248. The van der Waals surface area contributed by atoms with Gasteiger partial charge in [-0.3, -0.25) is 4.90 Å². The fourth-order valence-corrected chi connectivity index (χ4v) is 2.42. The third-order valence-electron chi connectivity index (χ3n) is 3.36. The highest BCUT2D eigenvalue weighted by Crippen LogP contribution is 2.37. The number of aryl methyl sites for hydroxylation is 1. The van der Waals surface area contributed by atoms with Crippen molar-refractivity contribution in [2.45, 2.75) is 52.2 Å². The van der Waals surface area contributed by atoms with Gasteiger partial charge in [0.2, 0.25) is 0 Å². The van der Waals surface area contributed by atoms with Crippen LogP contribution in [0, 0.1) is 0 Å². The summed E-state index contributed by atoms with van der Waals surface area (Å²) in [7, 11) is 0. The van der Waals surface area contributed by atoms with Crippen LogP contribution < -0.4 is 4.90 Å². The molecule has 0 radical (unpaired) electrons. The molecule has 0 fully saturated rings. The fraction of sp³-hybridized carbons (Fsp3) is 0.533. The molecule has 0 spiro atoms. The number of carbonyl (C=O) groups excluding carboxylic acids is 1. The molecule has 98 valence electrons. The summed E-state index contributed by atoms with van der Waals surface area (Å²) in [5.41, 5.74) is 2.01. The molecule has 2 rings (SSSR count). The van der Waals surface area contributed by atoms with Crippen LogP contribution in [0.2, 0.25) is 0 Å². The summed E-state index contributed by atoms with van der Waals surface area (Å²) < 4.78 is 5.37. The highest BCUT2D eigenvalue weighted by molar-refractivity contribution is 5.91. The lowest BCUT2D eigenvalue weighted by Crippen LogP contribution is -2.51. The second-order valence-electron chi connectivity index (χ2n) is 5.71. The van der Waals surface area contributed by atoms with E-state index in [4.69, 9.17) is 4.74 Å². The Balaban J connectivity index is 2.38. The van der Waals surface area contributed by atoms with E-state index in [1.165, 1.54) is 5.56 Å². The van der Waals surface area contributed by atoms with Crippen LogP contribution in [0.3, 0.4) is 0 Å². The van der Waals surface area contributed by atoms with Crippen LogP contribution in [-0.4, -0.2) is 17.7 Å².